The first-order chi connectivity index (χ1) is 15.2. The predicted molar refractivity (Wildman–Crippen MR) is 128 cm³/mol. The Morgan fingerprint density at radius 1 is 1.06 bits per heavy atom. The number of fused-ring (bicyclic) bond motifs is 1. The third-order valence-electron chi connectivity index (χ3n) is 6.85. The number of nitrogens with zero attached hydrogens (tertiary/aromatic N) is 2. The zero-order valence-corrected chi connectivity index (χ0v) is 20.7. The molecule has 2 aromatic rings. The second-order valence-electron chi connectivity index (χ2n) is 8.75. The Morgan fingerprint density at radius 3 is 2.44 bits per heavy atom. The van der Waals surface area contributed by atoms with Crippen LogP contribution in [0.4, 0.5) is 0 Å². The molecule has 2 aliphatic rings. The van der Waals surface area contributed by atoms with Crippen molar-refractivity contribution < 1.29 is 13.2 Å². The maximum Gasteiger partial charge on any atom is 0.243 e. The molecule has 0 N–H and O–H groups in total. The minimum absolute atomic E-state index is 0.0121. The Bertz CT molecular complexity index is 1130. The van der Waals surface area contributed by atoms with Gasteiger partial charge < -0.3 is 4.90 Å². The van der Waals surface area contributed by atoms with Crippen molar-refractivity contribution in [3.05, 3.63) is 63.1 Å². The van der Waals surface area contributed by atoms with Gasteiger partial charge in [0.05, 0.1) is 10.9 Å². The van der Waals surface area contributed by atoms with Crippen LogP contribution in [0.25, 0.3) is 0 Å². The van der Waals surface area contributed by atoms with E-state index in [2.05, 4.69) is 0 Å². The molecule has 2 aromatic carbocycles. The quantitative estimate of drug-likeness (QED) is 0.580. The summed E-state index contributed by atoms with van der Waals surface area (Å²) in [5.74, 6) is -0.196. The number of amides is 1. The zero-order chi connectivity index (χ0) is 23.0. The number of sulfonamides is 1. The summed E-state index contributed by atoms with van der Waals surface area (Å²) in [7, 11) is -1.77. The summed E-state index contributed by atoms with van der Waals surface area (Å²) >= 11 is 12.3. The molecule has 172 valence electrons. The molecule has 1 aliphatic carbocycles. The molecule has 1 unspecified atom stereocenters. The van der Waals surface area contributed by atoms with Crippen molar-refractivity contribution in [3.8, 4) is 0 Å². The van der Waals surface area contributed by atoms with E-state index < -0.39 is 10.0 Å². The molecule has 4 rings (SSSR count). The lowest BCUT2D eigenvalue weighted by Gasteiger charge is -2.34. The number of rotatable bonds is 5. The fourth-order valence-electron chi connectivity index (χ4n) is 4.73. The van der Waals surface area contributed by atoms with Gasteiger partial charge in [-0.25, -0.2) is 8.42 Å². The highest BCUT2D eigenvalue weighted by atomic mass is 35.5. The Hall–Kier alpha value is -1.60. The number of halogens is 2. The van der Waals surface area contributed by atoms with Gasteiger partial charge in [-0.2, -0.15) is 4.31 Å². The van der Waals surface area contributed by atoms with Gasteiger partial charge in [-0.1, -0.05) is 35.3 Å². The molecule has 0 aromatic heterocycles. The number of carbonyl (C=O) groups is 1. The molecule has 1 atom stereocenters. The molecule has 1 fully saturated rings. The monoisotopic (exact) mass is 494 g/mol. The maximum absolute atomic E-state index is 13.2. The molecule has 8 heteroatoms. The Balaban J connectivity index is 1.41. The molecule has 0 spiro atoms. The average Bonchev–Trinajstić information content (AvgIpc) is 3.26. The molecule has 1 heterocycles. The average molecular weight is 495 g/mol. The normalized spacial score (nSPS) is 18.4. The fourth-order valence-corrected chi connectivity index (χ4v) is 6.82. The van der Waals surface area contributed by atoms with E-state index in [1.54, 1.807) is 30.1 Å². The lowest BCUT2D eigenvalue weighted by molar-refractivity contribution is -0.137. The number of aryl methyl sites for hydroxylation is 2. The summed E-state index contributed by atoms with van der Waals surface area (Å²) in [6, 6.07) is 10.6. The summed E-state index contributed by atoms with van der Waals surface area (Å²) in [4.78, 5) is 15.2. The minimum Gasteiger partial charge on any atom is -0.339 e. The Labute approximate surface area is 200 Å². The maximum atomic E-state index is 13.2. The Kier molecular flexibility index (Phi) is 6.87. The van der Waals surface area contributed by atoms with Crippen LogP contribution >= 0.6 is 23.2 Å². The van der Waals surface area contributed by atoms with Gasteiger partial charge in [0.1, 0.15) is 0 Å². The van der Waals surface area contributed by atoms with E-state index in [-0.39, 0.29) is 17.9 Å². The summed E-state index contributed by atoms with van der Waals surface area (Å²) in [6.07, 6.45) is 4.07. The number of hydrogen-bond donors (Lipinski definition) is 0. The van der Waals surface area contributed by atoms with Crippen molar-refractivity contribution in [2.24, 2.45) is 5.92 Å². The number of piperidine rings is 1. The first-order valence-corrected chi connectivity index (χ1v) is 13.2. The first-order valence-electron chi connectivity index (χ1n) is 11.0. The van der Waals surface area contributed by atoms with E-state index in [0.717, 1.165) is 30.4 Å². The van der Waals surface area contributed by atoms with E-state index in [4.69, 9.17) is 23.2 Å². The van der Waals surface area contributed by atoms with E-state index in [1.165, 1.54) is 9.87 Å². The number of carbonyl (C=O) groups excluding carboxylic acids is 1. The molecule has 0 radical (unpaired) electrons. The van der Waals surface area contributed by atoms with Gasteiger partial charge in [-0.3, -0.25) is 4.79 Å². The van der Waals surface area contributed by atoms with Crippen LogP contribution in [-0.4, -0.2) is 43.7 Å². The lowest BCUT2D eigenvalue weighted by atomic mass is 9.95. The number of hydrogen-bond acceptors (Lipinski definition) is 3. The third-order valence-corrected chi connectivity index (χ3v) is 9.31. The van der Waals surface area contributed by atoms with Crippen LogP contribution in [-0.2, 0) is 27.7 Å². The standard InChI is InChI=1S/C24H28Cl2N2O3S/c1-16(22-9-7-20(25)15-23(22)26)27(2)24(29)18-10-12-28(13-11-18)32(30,31)21-8-6-17-4-3-5-19(17)14-21/h6-9,14-16,18H,3-5,10-13H2,1-2H3. The van der Waals surface area contributed by atoms with Crippen LogP contribution in [0, 0.1) is 5.92 Å². The van der Waals surface area contributed by atoms with Crippen LogP contribution in [0.3, 0.4) is 0 Å². The molecule has 5 nitrogen and oxygen atoms in total. The fraction of sp³-hybridized carbons (Fsp3) is 0.458. The van der Waals surface area contributed by atoms with E-state index >= 15 is 0 Å². The van der Waals surface area contributed by atoms with Gasteiger partial charge >= 0.3 is 0 Å². The van der Waals surface area contributed by atoms with Crippen LogP contribution in [0.1, 0.15) is 48.9 Å². The zero-order valence-electron chi connectivity index (χ0n) is 18.4. The largest absolute Gasteiger partial charge is 0.339 e. The van der Waals surface area contributed by atoms with Crippen molar-refractivity contribution in [1.29, 1.82) is 0 Å². The summed E-state index contributed by atoms with van der Waals surface area (Å²) in [6.45, 7) is 2.62. The highest BCUT2D eigenvalue weighted by Gasteiger charge is 2.34. The van der Waals surface area contributed by atoms with Gasteiger partial charge in [0.2, 0.25) is 15.9 Å². The first kappa shape index (κ1) is 23.6. The molecule has 0 bridgehead atoms. The highest BCUT2D eigenvalue weighted by molar-refractivity contribution is 7.89. The van der Waals surface area contributed by atoms with Crippen molar-refractivity contribution in [1.82, 2.24) is 9.21 Å². The molecule has 0 saturated carbocycles. The minimum atomic E-state index is -3.54. The second-order valence-corrected chi connectivity index (χ2v) is 11.5. The van der Waals surface area contributed by atoms with Gasteiger partial charge in [0.25, 0.3) is 0 Å². The van der Waals surface area contributed by atoms with Gasteiger partial charge in [0.15, 0.2) is 0 Å². The molecular formula is C24H28Cl2N2O3S. The molecular weight excluding hydrogens is 467 g/mol. The highest BCUT2D eigenvalue weighted by Crippen LogP contribution is 2.32. The van der Waals surface area contributed by atoms with Crippen LogP contribution in [0.5, 0.6) is 0 Å². The van der Waals surface area contributed by atoms with Crippen LogP contribution < -0.4 is 0 Å². The van der Waals surface area contributed by atoms with Crippen molar-refractivity contribution in [2.45, 2.75) is 50.0 Å². The summed E-state index contributed by atoms with van der Waals surface area (Å²) in [5, 5.41) is 1.08. The SMILES string of the molecule is CC(c1ccc(Cl)cc1Cl)N(C)C(=O)C1CCN(S(=O)(=O)c2ccc3c(c2)CCC3)CC1. The molecule has 1 saturated heterocycles. The van der Waals surface area contributed by atoms with Gasteiger partial charge in [-0.15, -0.1) is 0 Å². The molecule has 1 amide bonds. The summed E-state index contributed by atoms with van der Waals surface area (Å²) < 4.78 is 27.8. The van der Waals surface area contributed by atoms with Crippen LogP contribution in [0.15, 0.2) is 41.3 Å². The summed E-state index contributed by atoms with van der Waals surface area (Å²) in [5.41, 5.74) is 3.24. The van der Waals surface area contributed by atoms with E-state index in [1.807, 2.05) is 25.1 Å². The topological polar surface area (TPSA) is 57.7 Å². The van der Waals surface area contributed by atoms with Crippen LogP contribution in [0.2, 0.25) is 10.0 Å². The lowest BCUT2D eigenvalue weighted by Crippen LogP contribution is -2.44. The number of benzene rings is 2. The van der Waals surface area contributed by atoms with Gasteiger partial charge in [-0.05, 0) is 80.0 Å². The van der Waals surface area contributed by atoms with Crippen molar-refractivity contribution >= 4 is 39.1 Å². The Morgan fingerprint density at radius 2 is 1.75 bits per heavy atom. The predicted octanol–water partition coefficient (Wildman–Crippen LogP) is 5.10. The van der Waals surface area contributed by atoms with Crippen molar-refractivity contribution in [3.63, 3.8) is 0 Å². The van der Waals surface area contributed by atoms with Gasteiger partial charge in [0, 0.05) is 36.1 Å². The smallest absolute Gasteiger partial charge is 0.243 e. The van der Waals surface area contributed by atoms with E-state index in [0.29, 0.717) is 40.9 Å². The second kappa shape index (κ2) is 9.34. The molecule has 1 aliphatic heterocycles. The molecule has 32 heavy (non-hydrogen) atoms. The third kappa shape index (κ3) is 4.56. The van der Waals surface area contributed by atoms with E-state index in [9.17, 15) is 13.2 Å². The van der Waals surface area contributed by atoms with Crippen molar-refractivity contribution in [2.75, 3.05) is 20.1 Å².